The van der Waals surface area contributed by atoms with Crippen LogP contribution in [0.2, 0.25) is 0 Å². The number of carbonyl (C=O) groups excluding carboxylic acids is 2. The second-order valence-electron chi connectivity index (χ2n) is 9.02. The third-order valence-electron chi connectivity index (χ3n) is 5.86. The molecule has 2 heterocycles. The Hall–Kier alpha value is -4.43. The number of carboxylic acids is 1. The number of carbonyl (C=O) groups is 3. The van der Waals surface area contributed by atoms with E-state index in [1.165, 1.54) is 0 Å². The molecule has 14 heteroatoms. The number of ether oxygens (including phenoxy) is 1. The Morgan fingerprint density at radius 3 is 2.62 bits per heavy atom. The Morgan fingerprint density at radius 1 is 1.10 bits per heavy atom. The van der Waals surface area contributed by atoms with E-state index >= 15 is 0 Å². The number of carboxylic acid groups (broad SMARTS) is 1. The molecular formula is C26H29N5O8S. The van der Waals surface area contributed by atoms with E-state index in [9.17, 15) is 27.9 Å². The van der Waals surface area contributed by atoms with Crippen LogP contribution in [-0.2, 0) is 44.0 Å². The Kier molecular flexibility index (Phi) is 9.35. The Labute approximate surface area is 230 Å². The number of nitrogens with one attached hydrogen (secondary N) is 4. The molecular weight excluding hydrogens is 542 g/mol. The number of fused-ring (bicyclic) bond motifs is 1. The highest BCUT2D eigenvalue weighted by Gasteiger charge is 2.27. The summed E-state index contributed by atoms with van der Waals surface area (Å²) in [6.45, 7) is 1.27. The summed E-state index contributed by atoms with van der Waals surface area (Å²) in [5, 5.41) is 16.0. The molecule has 0 radical (unpaired) electrons. The molecule has 4 rings (SSSR count). The molecule has 13 nitrogen and oxygen atoms in total. The molecule has 1 aliphatic rings. The van der Waals surface area contributed by atoms with Gasteiger partial charge >= 0.3 is 22.3 Å². The summed E-state index contributed by atoms with van der Waals surface area (Å²) in [6.07, 6.45) is 0.0380. The van der Waals surface area contributed by atoms with Crippen LogP contribution >= 0.6 is 0 Å². The molecule has 0 fully saturated rings. The first-order chi connectivity index (χ1) is 19.2. The summed E-state index contributed by atoms with van der Waals surface area (Å²) in [6, 6.07) is 13.9. The van der Waals surface area contributed by atoms with Crippen molar-refractivity contribution in [1.82, 2.24) is 20.1 Å². The normalized spacial score (nSPS) is 14.1. The lowest BCUT2D eigenvalue weighted by atomic mass is 10.1. The molecule has 5 N–H and O–H groups in total. The minimum absolute atomic E-state index is 0.164. The van der Waals surface area contributed by atoms with Gasteiger partial charge in [0, 0.05) is 31.3 Å². The average Bonchev–Trinajstić information content (AvgIpc) is 3.33. The number of nitrogens with zero attached hydrogens (tertiary/aromatic N) is 1. The average molecular weight is 572 g/mol. The summed E-state index contributed by atoms with van der Waals surface area (Å²) in [5.41, 5.74) is 1.98. The van der Waals surface area contributed by atoms with Crippen LogP contribution in [0.4, 0.5) is 4.79 Å². The highest BCUT2D eigenvalue weighted by molar-refractivity contribution is 7.88. The van der Waals surface area contributed by atoms with E-state index in [1.54, 1.807) is 53.3 Å². The van der Waals surface area contributed by atoms with Gasteiger partial charge in [-0.05, 0) is 42.2 Å². The highest BCUT2D eigenvalue weighted by Crippen LogP contribution is 2.22. The highest BCUT2D eigenvalue weighted by atomic mass is 32.2. The first-order valence-electron chi connectivity index (χ1n) is 12.5. The molecule has 2 amide bonds. The van der Waals surface area contributed by atoms with E-state index in [4.69, 9.17) is 9.15 Å². The monoisotopic (exact) mass is 571 g/mol. The predicted molar refractivity (Wildman–Crippen MR) is 145 cm³/mol. The number of hydrogen-bond donors (Lipinski definition) is 5. The third kappa shape index (κ3) is 8.54. The third-order valence-corrected chi connectivity index (χ3v) is 6.89. The summed E-state index contributed by atoms with van der Waals surface area (Å²) >= 11 is 0. The van der Waals surface area contributed by atoms with Gasteiger partial charge in [0.1, 0.15) is 24.0 Å². The van der Waals surface area contributed by atoms with Gasteiger partial charge in [0.25, 0.3) is 0 Å². The summed E-state index contributed by atoms with van der Waals surface area (Å²) in [5.74, 6) is -0.940. The number of hydrogen-bond acceptors (Lipinski definition) is 9. The van der Waals surface area contributed by atoms with Gasteiger partial charge in [-0.2, -0.15) is 13.1 Å². The zero-order valence-corrected chi connectivity index (χ0v) is 22.2. The first kappa shape index (κ1) is 28.6. The van der Waals surface area contributed by atoms with Crippen LogP contribution < -0.4 is 20.1 Å². The van der Waals surface area contributed by atoms with Gasteiger partial charge in [-0.3, -0.25) is 19.9 Å². The SMILES string of the molecule is O=C(CCc1ccc2oc(CC(NS(=O)(=O)NC(=O)OCc3ccccc3)C(=O)O)cc2c1)NC1=NCCCN1. The van der Waals surface area contributed by atoms with Crippen LogP contribution in [-0.4, -0.2) is 56.6 Å². The largest absolute Gasteiger partial charge is 0.480 e. The number of furan rings is 1. The van der Waals surface area contributed by atoms with Gasteiger partial charge in [0.2, 0.25) is 5.91 Å². The van der Waals surface area contributed by atoms with Crippen molar-refractivity contribution in [2.24, 2.45) is 4.99 Å². The second-order valence-corrected chi connectivity index (χ2v) is 10.5. The van der Waals surface area contributed by atoms with Crippen molar-refractivity contribution in [2.75, 3.05) is 13.1 Å². The molecule has 1 aliphatic heterocycles. The molecule has 3 aromatic rings. The molecule has 0 saturated heterocycles. The number of amides is 2. The smallest absolute Gasteiger partial charge is 0.422 e. The number of aryl methyl sites for hydroxylation is 1. The minimum atomic E-state index is -4.56. The standard InChI is InChI=1S/C26H29N5O8S/c32-23(29-25-27-11-4-12-28-25)10-8-17-7-9-22-19(13-17)14-20(39-22)15-21(24(33)34)30-40(36,37)31-26(35)38-16-18-5-2-1-3-6-18/h1-3,5-7,9,13-14,21,30H,4,8,10-12,15-16H2,(H,31,35)(H,33,34)(H2,27,28,29,32). The van der Waals surface area contributed by atoms with Crippen molar-refractivity contribution in [2.45, 2.75) is 38.3 Å². The molecule has 1 atom stereocenters. The molecule has 0 bridgehead atoms. The first-order valence-corrected chi connectivity index (χ1v) is 14.0. The van der Waals surface area contributed by atoms with Crippen molar-refractivity contribution in [3.63, 3.8) is 0 Å². The maximum absolute atomic E-state index is 12.4. The zero-order valence-electron chi connectivity index (χ0n) is 21.4. The Bertz CT molecular complexity index is 1500. The topological polar surface area (TPSA) is 188 Å². The lowest BCUT2D eigenvalue weighted by Crippen LogP contribution is -2.49. The van der Waals surface area contributed by atoms with Gasteiger partial charge < -0.3 is 19.6 Å². The number of aliphatic carboxylic acids is 1. The fourth-order valence-electron chi connectivity index (χ4n) is 3.93. The van der Waals surface area contributed by atoms with Gasteiger partial charge in [-0.25, -0.2) is 9.52 Å². The van der Waals surface area contributed by atoms with E-state index in [0.717, 1.165) is 18.5 Å². The summed E-state index contributed by atoms with van der Waals surface area (Å²) in [4.78, 5) is 40.1. The molecule has 2 aromatic carbocycles. The maximum atomic E-state index is 12.4. The molecule has 40 heavy (non-hydrogen) atoms. The van der Waals surface area contributed by atoms with Crippen molar-refractivity contribution in [3.8, 4) is 0 Å². The lowest BCUT2D eigenvalue weighted by Gasteiger charge is -2.14. The van der Waals surface area contributed by atoms with E-state index in [0.29, 0.717) is 35.5 Å². The molecule has 0 aliphatic carbocycles. The maximum Gasteiger partial charge on any atom is 0.422 e. The number of aliphatic imine (C=N–C) groups is 1. The fraction of sp³-hybridized carbons (Fsp3) is 0.308. The Morgan fingerprint density at radius 2 is 1.90 bits per heavy atom. The van der Waals surface area contributed by atoms with E-state index in [2.05, 4.69) is 15.6 Å². The minimum Gasteiger partial charge on any atom is -0.480 e. The number of rotatable bonds is 11. The second kappa shape index (κ2) is 13.1. The van der Waals surface area contributed by atoms with Crippen molar-refractivity contribution < 1.29 is 37.1 Å². The van der Waals surface area contributed by atoms with Crippen LogP contribution in [0.5, 0.6) is 0 Å². The van der Waals surface area contributed by atoms with Gasteiger partial charge in [0.05, 0.1) is 0 Å². The number of guanidine groups is 1. The van der Waals surface area contributed by atoms with Gasteiger partial charge in [-0.15, -0.1) is 0 Å². The van der Waals surface area contributed by atoms with Crippen molar-refractivity contribution >= 4 is 45.1 Å². The molecule has 212 valence electrons. The van der Waals surface area contributed by atoms with E-state index < -0.39 is 28.3 Å². The van der Waals surface area contributed by atoms with Crippen molar-refractivity contribution in [3.05, 3.63) is 71.5 Å². The van der Waals surface area contributed by atoms with Crippen molar-refractivity contribution in [1.29, 1.82) is 0 Å². The summed E-state index contributed by atoms with van der Waals surface area (Å²) in [7, 11) is -4.56. The van der Waals surface area contributed by atoms with Gasteiger partial charge in [-0.1, -0.05) is 36.4 Å². The van der Waals surface area contributed by atoms with Crippen LogP contribution in [0, 0.1) is 0 Å². The quantitative estimate of drug-likeness (QED) is 0.228. The van der Waals surface area contributed by atoms with Gasteiger partial charge in [0.15, 0.2) is 5.96 Å². The molecule has 1 aromatic heterocycles. The van der Waals surface area contributed by atoms with E-state index in [1.807, 2.05) is 10.8 Å². The predicted octanol–water partition coefficient (Wildman–Crippen LogP) is 1.59. The zero-order chi connectivity index (χ0) is 28.5. The molecule has 0 spiro atoms. The summed E-state index contributed by atoms with van der Waals surface area (Å²) < 4.78 is 38.9. The van der Waals surface area contributed by atoms with Crippen LogP contribution in [0.25, 0.3) is 11.0 Å². The van der Waals surface area contributed by atoms with Crippen LogP contribution in [0.1, 0.15) is 29.7 Å². The fourth-order valence-corrected chi connectivity index (χ4v) is 4.83. The van der Waals surface area contributed by atoms with E-state index in [-0.39, 0.29) is 31.1 Å². The van der Waals surface area contributed by atoms with Crippen LogP contribution in [0.3, 0.4) is 0 Å². The lowest BCUT2D eigenvalue weighted by molar-refractivity contribution is -0.139. The Balaban J connectivity index is 1.32. The number of benzene rings is 2. The molecule has 1 unspecified atom stereocenters. The molecule has 0 saturated carbocycles. The van der Waals surface area contributed by atoms with Crippen LogP contribution in [0.15, 0.2) is 64.0 Å².